The van der Waals surface area contributed by atoms with Crippen molar-refractivity contribution in [2.75, 3.05) is 20.3 Å². The molecule has 0 amide bonds. The van der Waals surface area contributed by atoms with E-state index in [4.69, 9.17) is 14.0 Å². The third kappa shape index (κ3) is 4.84. The zero-order valence-corrected chi connectivity index (χ0v) is 16.6. The highest BCUT2D eigenvalue weighted by Crippen LogP contribution is 2.32. The fourth-order valence-corrected chi connectivity index (χ4v) is 3.65. The summed E-state index contributed by atoms with van der Waals surface area (Å²) in [5.41, 5.74) is 2.27. The molecule has 0 bridgehead atoms. The molecule has 0 aliphatic rings. The molecule has 0 fully saturated rings. The summed E-state index contributed by atoms with van der Waals surface area (Å²) < 4.78 is 44.0. The predicted molar refractivity (Wildman–Crippen MR) is 98.9 cm³/mol. The predicted octanol–water partition coefficient (Wildman–Crippen LogP) is 3.06. The largest absolute Gasteiger partial charge is 0.495 e. The highest BCUT2D eigenvalue weighted by Gasteiger charge is 2.22. The van der Waals surface area contributed by atoms with Gasteiger partial charge in [0, 0.05) is 24.3 Å². The van der Waals surface area contributed by atoms with E-state index in [0.717, 1.165) is 11.3 Å². The Bertz CT molecular complexity index is 843. The maximum atomic E-state index is 12.7. The molecule has 0 spiro atoms. The van der Waals surface area contributed by atoms with Crippen molar-refractivity contribution in [2.24, 2.45) is 0 Å². The first-order valence-corrected chi connectivity index (χ1v) is 9.97. The number of methoxy groups -OCH3 is 1. The second-order valence-corrected chi connectivity index (χ2v) is 7.99. The molecule has 2 aromatic rings. The number of aryl methyl sites for hydroxylation is 1. The zero-order valence-electron chi connectivity index (χ0n) is 15.8. The average Bonchev–Trinajstić information content (AvgIpc) is 2.93. The summed E-state index contributed by atoms with van der Waals surface area (Å²) in [5.74, 6) is 0.820. The Kier molecular flexibility index (Phi) is 6.80. The van der Waals surface area contributed by atoms with Crippen LogP contribution in [0.2, 0.25) is 0 Å². The standard InChI is InChI=1S/C18H26N2O5S/c1-12(2)24-10-6-9-19-26(21,22)17-11-15(7-8-16(17)23-5)18-13(3)14(4)20-25-18/h7-8,11-12,19H,6,9-10H2,1-5H3. The van der Waals surface area contributed by atoms with Crippen molar-refractivity contribution in [2.45, 2.75) is 45.1 Å². The van der Waals surface area contributed by atoms with Crippen LogP contribution in [0.4, 0.5) is 0 Å². The molecular formula is C18H26N2O5S. The van der Waals surface area contributed by atoms with Crippen molar-refractivity contribution in [3.05, 3.63) is 29.5 Å². The van der Waals surface area contributed by atoms with Crippen molar-refractivity contribution in [1.82, 2.24) is 9.88 Å². The molecule has 2 rings (SSSR count). The van der Waals surface area contributed by atoms with Gasteiger partial charge in [-0.3, -0.25) is 0 Å². The van der Waals surface area contributed by atoms with Crippen LogP contribution < -0.4 is 9.46 Å². The third-order valence-electron chi connectivity index (χ3n) is 3.94. The second kappa shape index (κ2) is 8.66. The van der Waals surface area contributed by atoms with Crippen LogP contribution in [0.5, 0.6) is 5.75 Å². The lowest BCUT2D eigenvalue weighted by Gasteiger charge is -2.12. The first-order chi connectivity index (χ1) is 12.3. The van der Waals surface area contributed by atoms with Gasteiger partial charge in [0.15, 0.2) is 5.76 Å². The van der Waals surface area contributed by atoms with Gasteiger partial charge in [-0.2, -0.15) is 0 Å². The monoisotopic (exact) mass is 382 g/mol. The van der Waals surface area contributed by atoms with Crippen LogP contribution in [0.15, 0.2) is 27.6 Å². The molecular weight excluding hydrogens is 356 g/mol. The van der Waals surface area contributed by atoms with Gasteiger partial charge in [0.25, 0.3) is 0 Å². The van der Waals surface area contributed by atoms with Crippen molar-refractivity contribution in [1.29, 1.82) is 0 Å². The van der Waals surface area contributed by atoms with Crippen LogP contribution in [-0.2, 0) is 14.8 Å². The van der Waals surface area contributed by atoms with E-state index in [0.29, 0.717) is 24.4 Å². The van der Waals surface area contributed by atoms with E-state index in [1.807, 2.05) is 27.7 Å². The lowest BCUT2D eigenvalue weighted by atomic mass is 10.1. The van der Waals surface area contributed by atoms with E-state index in [9.17, 15) is 8.42 Å². The smallest absolute Gasteiger partial charge is 0.244 e. The molecule has 1 aromatic heterocycles. The maximum Gasteiger partial charge on any atom is 0.244 e. The molecule has 0 unspecified atom stereocenters. The summed E-state index contributed by atoms with van der Waals surface area (Å²) in [6.07, 6.45) is 0.705. The number of rotatable bonds is 9. The summed E-state index contributed by atoms with van der Waals surface area (Å²) in [6.45, 7) is 8.37. The second-order valence-electron chi connectivity index (χ2n) is 6.26. The van der Waals surface area contributed by atoms with Gasteiger partial charge in [-0.1, -0.05) is 5.16 Å². The summed E-state index contributed by atoms with van der Waals surface area (Å²) in [7, 11) is -2.29. The highest BCUT2D eigenvalue weighted by atomic mass is 32.2. The molecule has 1 N–H and O–H groups in total. The SMILES string of the molecule is COc1ccc(-c2onc(C)c2C)cc1S(=O)(=O)NCCCOC(C)C. The van der Waals surface area contributed by atoms with E-state index >= 15 is 0 Å². The Morgan fingerprint density at radius 2 is 2.00 bits per heavy atom. The number of nitrogens with one attached hydrogen (secondary N) is 1. The minimum absolute atomic E-state index is 0.0655. The van der Waals surface area contributed by atoms with Crippen LogP contribution in [0.1, 0.15) is 31.5 Å². The number of nitrogens with zero attached hydrogens (tertiary/aromatic N) is 1. The Labute approximate surface area is 154 Å². The summed E-state index contributed by atoms with van der Waals surface area (Å²) in [6, 6.07) is 4.91. The zero-order chi connectivity index (χ0) is 19.3. The molecule has 1 aromatic carbocycles. The van der Waals surface area contributed by atoms with Gasteiger partial charge in [0.2, 0.25) is 10.0 Å². The van der Waals surface area contributed by atoms with Crippen LogP contribution in [0.3, 0.4) is 0 Å². The molecule has 8 heteroatoms. The van der Waals surface area contributed by atoms with Crippen molar-refractivity contribution in [3.8, 4) is 17.1 Å². The molecule has 26 heavy (non-hydrogen) atoms. The van der Waals surface area contributed by atoms with E-state index in [-0.39, 0.29) is 23.3 Å². The lowest BCUT2D eigenvalue weighted by Crippen LogP contribution is -2.26. The molecule has 0 saturated heterocycles. The van der Waals surface area contributed by atoms with Crippen molar-refractivity contribution < 1.29 is 22.4 Å². The van der Waals surface area contributed by atoms with E-state index < -0.39 is 10.0 Å². The number of aromatic nitrogens is 1. The Balaban J connectivity index is 2.23. The topological polar surface area (TPSA) is 90.7 Å². The number of benzene rings is 1. The Hall–Kier alpha value is -1.90. The van der Waals surface area contributed by atoms with Gasteiger partial charge >= 0.3 is 0 Å². The molecule has 1 heterocycles. The molecule has 0 aliphatic heterocycles. The molecule has 7 nitrogen and oxygen atoms in total. The minimum Gasteiger partial charge on any atom is -0.495 e. The molecule has 0 saturated carbocycles. The van der Waals surface area contributed by atoms with Crippen molar-refractivity contribution >= 4 is 10.0 Å². The summed E-state index contributed by atoms with van der Waals surface area (Å²) in [5, 5.41) is 3.93. The van der Waals surface area contributed by atoms with Gasteiger partial charge < -0.3 is 14.0 Å². The molecule has 0 atom stereocenters. The first-order valence-electron chi connectivity index (χ1n) is 8.48. The maximum absolute atomic E-state index is 12.7. The van der Waals surface area contributed by atoms with Crippen LogP contribution >= 0.6 is 0 Å². The Morgan fingerprint density at radius 1 is 1.27 bits per heavy atom. The van der Waals surface area contributed by atoms with Gasteiger partial charge in [-0.25, -0.2) is 13.1 Å². The Morgan fingerprint density at radius 3 is 2.58 bits per heavy atom. The molecule has 0 aliphatic carbocycles. The van der Waals surface area contributed by atoms with E-state index in [2.05, 4.69) is 9.88 Å². The van der Waals surface area contributed by atoms with Gasteiger partial charge in [0.1, 0.15) is 10.6 Å². The van der Waals surface area contributed by atoms with Crippen LogP contribution in [0, 0.1) is 13.8 Å². The minimum atomic E-state index is -3.73. The number of ether oxygens (including phenoxy) is 2. The summed E-state index contributed by atoms with van der Waals surface area (Å²) >= 11 is 0. The van der Waals surface area contributed by atoms with E-state index in [1.165, 1.54) is 7.11 Å². The normalized spacial score (nSPS) is 11.9. The molecule has 144 valence electrons. The van der Waals surface area contributed by atoms with Crippen LogP contribution in [-0.4, -0.2) is 39.9 Å². The van der Waals surface area contributed by atoms with Gasteiger partial charge in [-0.05, 0) is 52.3 Å². The average molecular weight is 382 g/mol. The van der Waals surface area contributed by atoms with Crippen LogP contribution in [0.25, 0.3) is 11.3 Å². The fraction of sp³-hybridized carbons (Fsp3) is 0.500. The first kappa shape index (κ1) is 20.4. The van der Waals surface area contributed by atoms with Gasteiger partial charge in [-0.15, -0.1) is 0 Å². The van der Waals surface area contributed by atoms with Gasteiger partial charge in [0.05, 0.1) is 18.9 Å². The summed E-state index contributed by atoms with van der Waals surface area (Å²) in [4.78, 5) is 0.0655. The fourth-order valence-electron chi connectivity index (χ4n) is 2.39. The lowest BCUT2D eigenvalue weighted by molar-refractivity contribution is 0.0778. The number of hydrogen-bond acceptors (Lipinski definition) is 6. The quantitative estimate of drug-likeness (QED) is 0.670. The number of hydrogen-bond donors (Lipinski definition) is 1. The highest BCUT2D eigenvalue weighted by molar-refractivity contribution is 7.89. The molecule has 0 radical (unpaired) electrons. The van der Waals surface area contributed by atoms with E-state index in [1.54, 1.807) is 18.2 Å². The third-order valence-corrected chi connectivity index (χ3v) is 5.42. The number of sulfonamides is 1. The van der Waals surface area contributed by atoms with Crippen molar-refractivity contribution in [3.63, 3.8) is 0 Å².